The van der Waals surface area contributed by atoms with Crippen LogP contribution in [-0.2, 0) is 9.59 Å². The average molecular weight is 272 g/mol. The van der Waals surface area contributed by atoms with Gasteiger partial charge in [0.05, 0.1) is 6.54 Å². The quantitative estimate of drug-likeness (QED) is 0.820. The van der Waals surface area contributed by atoms with Crippen LogP contribution in [0.25, 0.3) is 0 Å². The highest BCUT2D eigenvalue weighted by molar-refractivity contribution is 5.97. The zero-order valence-electron chi connectivity index (χ0n) is 11.0. The van der Waals surface area contributed by atoms with Crippen LogP contribution in [0.2, 0.25) is 0 Å². The Morgan fingerprint density at radius 1 is 1.25 bits per heavy atom. The van der Waals surface area contributed by atoms with Gasteiger partial charge in [-0.15, -0.1) is 0 Å². The highest BCUT2D eigenvalue weighted by atomic mass is 16.2. The molecule has 0 aliphatic carbocycles. The number of Topliss-reactive ketones (excluding diaryl/α,β-unsaturated/α-hetero) is 1. The number of rotatable bonds is 3. The molecule has 2 aliphatic rings. The molecule has 0 radical (unpaired) electrons. The van der Waals surface area contributed by atoms with Gasteiger partial charge in [-0.05, 0) is 12.3 Å². The summed E-state index contributed by atoms with van der Waals surface area (Å²) < 4.78 is 0. The lowest BCUT2D eigenvalue weighted by Crippen LogP contribution is -2.55. The smallest absolute Gasteiger partial charge is 0.243 e. The van der Waals surface area contributed by atoms with Crippen molar-refractivity contribution in [2.24, 2.45) is 5.92 Å². The maximum absolute atomic E-state index is 12.2. The van der Waals surface area contributed by atoms with Crippen molar-refractivity contribution >= 4 is 17.6 Å². The highest BCUT2D eigenvalue weighted by Crippen LogP contribution is 2.28. The molecular weight excluding hydrogens is 256 g/mol. The van der Waals surface area contributed by atoms with Gasteiger partial charge in [0.15, 0.2) is 5.78 Å². The molecule has 2 saturated heterocycles. The largest absolute Gasteiger partial charge is 0.345 e. The first-order valence-electron chi connectivity index (χ1n) is 6.80. The number of hydrogen-bond acceptors (Lipinski definition) is 3. The van der Waals surface area contributed by atoms with E-state index in [1.54, 1.807) is 17.0 Å². The van der Waals surface area contributed by atoms with Crippen molar-refractivity contribution < 1.29 is 14.4 Å². The Bertz CT molecular complexity index is 531. The summed E-state index contributed by atoms with van der Waals surface area (Å²) in [5.41, 5.74) is 0.688. The second-order valence-electron chi connectivity index (χ2n) is 5.37. The molecule has 0 bridgehead atoms. The van der Waals surface area contributed by atoms with E-state index in [1.807, 2.05) is 18.2 Å². The summed E-state index contributed by atoms with van der Waals surface area (Å²) in [7, 11) is 0. The van der Waals surface area contributed by atoms with Gasteiger partial charge in [0, 0.05) is 18.5 Å². The number of carbonyl (C=O) groups is 3. The van der Waals surface area contributed by atoms with E-state index >= 15 is 0 Å². The Balaban J connectivity index is 1.67. The van der Waals surface area contributed by atoms with E-state index in [1.165, 1.54) is 0 Å². The molecule has 0 unspecified atom stereocenters. The van der Waals surface area contributed by atoms with Crippen molar-refractivity contribution in [2.45, 2.75) is 18.9 Å². The van der Waals surface area contributed by atoms with Gasteiger partial charge in [-0.25, -0.2) is 0 Å². The van der Waals surface area contributed by atoms with E-state index < -0.39 is 0 Å². The molecule has 2 heterocycles. The molecular formula is C15H16N2O3. The summed E-state index contributed by atoms with van der Waals surface area (Å²) in [6.07, 6.45) is 0.966. The Hall–Kier alpha value is -2.17. The fraction of sp³-hybridized carbons (Fsp3) is 0.400. The number of amides is 2. The summed E-state index contributed by atoms with van der Waals surface area (Å²) in [5.74, 6) is -0.00710. The number of piperazine rings is 1. The van der Waals surface area contributed by atoms with Crippen LogP contribution in [0, 0.1) is 5.92 Å². The second-order valence-corrected chi connectivity index (χ2v) is 5.37. The zero-order chi connectivity index (χ0) is 14.1. The Kier molecular flexibility index (Phi) is 3.26. The van der Waals surface area contributed by atoms with Crippen LogP contribution in [0.5, 0.6) is 0 Å². The topological polar surface area (TPSA) is 66.5 Å². The second kappa shape index (κ2) is 5.07. The molecule has 20 heavy (non-hydrogen) atoms. The van der Waals surface area contributed by atoms with Gasteiger partial charge in [0.2, 0.25) is 11.8 Å². The standard InChI is InChI=1S/C15H16N2O3/c18-13(11-4-2-1-3-5-11)7-10-6-12-15(20)16-8-14(19)17(12)9-10/h1-5,10,12H,6-9H2,(H,16,20)/t10-,12-/m0/s1. The number of carbonyl (C=O) groups excluding carboxylic acids is 3. The fourth-order valence-corrected chi connectivity index (χ4v) is 2.98. The van der Waals surface area contributed by atoms with Gasteiger partial charge >= 0.3 is 0 Å². The van der Waals surface area contributed by atoms with Gasteiger partial charge in [-0.1, -0.05) is 30.3 Å². The van der Waals surface area contributed by atoms with Crippen LogP contribution >= 0.6 is 0 Å². The summed E-state index contributed by atoms with van der Waals surface area (Å²) in [5, 5.41) is 2.59. The monoisotopic (exact) mass is 272 g/mol. The number of benzene rings is 1. The number of hydrogen-bond donors (Lipinski definition) is 1. The van der Waals surface area contributed by atoms with E-state index in [9.17, 15) is 14.4 Å². The van der Waals surface area contributed by atoms with Gasteiger partial charge < -0.3 is 10.2 Å². The predicted octanol–water partition coefficient (Wildman–Crippen LogP) is 0.606. The third-order valence-corrected chi connectivity index (χ3v) is 3.99. The molecule has 2 fully saturated rings. The van der Waals surface area contributed by atoms with Crippen LogP contribution in [-0.4, -0.2) is 41.6 Å². The molecule has 2 aliphatic heterocycles. The molecule has 0 spiro atoms. The molecule has 0 saturated carbocycles. The van der Waals surface area contributed by atoms with Gasteiger partial charge in [0.25, 0.3) is 0 Å². The zero-order valence-corrected chi connectivity index (χ0v) is 11.0. The lowest BCUT2D eigenvalue weighted by molar-refractivity contribution is -0.143. The maximum Gasteiger partial charge on any atom is 0.243 e. The van der Waals surface area contributed by atoms with E-state index in [0.29, 0.717) is 24.9 Å². The Morgan fingerprint density at radius 3 is 2.70 bits per heavy atom. The number of nitrogens with zero attached hydrogens (tertiary/aromatic N) is 1. The predicted molar refractivity (Wildman–Crippen MR) is 72.0 cm³/mol. The van der Waals surface area contributed by atoms with Gasteiger partial charge in [0.1, 0.15) is 6.04 Å². The van der Waals surface area contributed by atoms with E-state index in [-0.39, 0.29) is 36.1 Å². The minimum Gasteiger partial charge on any atom is -0.345 e. The van der Waals surface area contributed by atoms with Crippen LogP contribution in [0.15, 0.2) is 30.3 Å². The first-order chi connectivity index (χ1) is 9.65. The van der Waals surface area contributed by atoms with Crippen molar-refractivity contribution in [3.8, 4) is 0 Å². The third-order valence-electron chi connectivity index (χ3n) is 3.99. The molecule has 1 aromatic rings. The van der Waals surface area contributed by atoms with Crippen LogP contribution in [0.1, 0.15) is 23.2 Å². The third kappa shape index (κ3) is 2.31. The minimum absolute atomic E-state index is 0.0516. The molecule has 2 amide bonds. The van der Waals surface area contributed by atoms with Crippen LogP contribution < -0.4 is 5.32 Å². The van der Waals surface area contributed by atoms with Crippen molar-refractivity contribution in [3.63, 3.8) is 0 Å². The molecule has 0 aromatic heterocycles. The minimum atomic E-state index is -0.384. The van der Waals surface area contributed by atoms with Crippen LogP contribution in [0.3, 0.4) is 0 Å². The summed E-state index contributed by atoms with van der Waals surface area (Å²) in [6, 6.07) is 8.75. The van der Waals surface area contributed by atoms with Gasteiger partial charge in [-0.2, -0.15) is 0 Å². The first kappa shape index (κ1) is 12.8. The average Bonchev–Trinajstić information content (AvgIpc) is 2.89. The highest BCUT2D eigenvalue weighted by Gasteiger charge is 2.42. The molecule has 2 atom stereocenters. The molecule has 3 rings (SSSR count). The number of fused-ring (bicyclic) bond motifs is 1. The van der Waals surface area contributed by atoms with Gasteiger partial charge in [-0.3, -0.25) is 14.4 Å². The molecule has 1 N–H and O–H groups in total. The molecule has 1 aromatic carbocycles. The normalized spacial score (nSPS) is 25.3. The number of nitrogens with one attached hydrogen (secondary N) is 1. The van der Waals surface area contributed by atoms with E-state index in [0.717, 1.165) is 0 Å². The Labute approximate surface area is 116 Å². The summed E-state index contributed by atoms with van der Waals surface area (Å²) in [4.78, 5) is 37.3. The van der Waals surface area contributed by atoms with Crippen molar-refractivity contribution in [1.82, 2.24) is 10.2 Å². The van der Waals surface area contributed by atoms with Crippen LogP contribution in [0.4, 0.5) is 0 Å². The Morgan fingerprint density at radius 2 is 2.00 bits per heavy atom. The lowest BCUT2D eigenvalue weighted by atomic mass is 9.96. The summed E-state index contributed by atoms with van der Waals surface area (Å²) >= 11 is 0. The lowest BCUT2D eigenvalue weighted by Gasteiger charge is -2.28. The van der Waals surface area contributed by atoms with Crippen molar-refractivity contribution in [1.29, 1.82) is 0 Å². The number of ketones is 1. The summed E-state index contributed by atoms with van der Waals surface area (Å²) in [6.45, 7) is 0.587. The fourth-order valence-electron chi connectivity index (χ4n) is 2.98. The first-order valence-corrected chi connectivity index (χ1v) is 6.80. The molecule has 5 heteroatoms. The van der Waals surface area contributed by atoms with E-state index in [2.05, 4.69) is 5.32 Å². The molecule has 5 nitrogen and oxygen atoms in total. The van der Waals surface area contributed by atoms with Crippen molar-refractivity contribution in [3.05, 3.63) is 35.9 Å². The SMILES string of the molecule is O=C(C[C@@H]1C[C@H]2C(=O)NCC(=O)N2C1)c1ccccc1. The van der Waals surface area contributed by atoms with Crippen molar-refractivity contribution in [2.75, 3.05) is 13.1 Å². The maximum atomic E-state index is 12.2. The van der Waals surface area contributed by atoms with E-state index in [4.69, 9.17) is 0 Å². The molecule has 104 valence electrons.